The first-order chi connectivity index (χ1) is 6.74. The van der Waals surface area contributed by atoms with Gasteiger partial charge >= 0.3 is 5.97 Å². The van der Waals surface area contributed by atoms with Gasteiger partial charge in [-0.3, -0.25) is 9.69 Å². The maximum absolute atomic E-state index is 12.2. The molecule has 0 bridgehead atoms. The molecule has 3 nitrogen and oxygen atoms in total. The van der Waals surface area contributed by atoms with Gasteiger partial charge in [-0.25, -0.2) is 4.39 Å². The molecule has 0 radical (unpaired) electrons. The third-order valence-corrected chi connectivity index (χ3v) is 2.81. The highest BCUT2D eigenvalue weighted by molar-refractivity contribution is 5.66. The van der Waals surface area contributed by atoms with E-state index in [1.165, 1.54) is 0 Å². The number of halogens is 1. The number of carbonyl (C=O) groups is 1. The number of nitrogens with zero attached hydrogens (tertiary/aromatic N) is 1. The normalized spacial score (nSPS) is 23.6. The Kier molecular flexibility index (Phi) is 4.87. The minimum Gasteiger partial charge on any atom is -0.481 e. The lowest BCUT2D eigenvalue weighted by Crippen LogP contribution is -2.40. The Balaban J connectivity index is 2.33. The standard InChI is InChI=1S/C10H18FNO2/c11-6-8-12-7-2-1-3-9(12)4-5-10(13)14/h9H,1-8H2,(H,13,14). The van der Waals surface area contributed by atoms with Gasteiger partial charge in [0.1, 0.15) is 6.67 Å². The van der Waals surface area contributed by atoms with Crippen molar-refractivity contribution >= 4 is 5.97 Å². The highest BCUT2D eigenvalue weighted by atomic mass is 19.1. The fraction of sp³-hybridized carbons (Fsp3) is 0.900. The number of aliphatic carboxylic acids is 1. The summed E-state index contributed by atoms with van der Waals surface area (Å²) in [4.78, 5) is 12.5. The number of hydrogen-bond acceptors (Lipinski definition) is 2. The Bertz CT molecular complexity index is 185. The van der Waals surface area contributed by atoms with Gasteiger partial charge in [-0.15, -0.1) is 0 Å². The maximum Gasteiger partial charge on any atom is 0.303 e. The van der Waals surface area contributed by atoms with Crippen molar-refractivity contribution in [1.29, 1.82) is 0 Å². The Morgan fingerprint density at radius 2 is 2.29 bits per heavy atom. The van der Waals surface area contributed by atoms with Crippen LogP contribution in [0, 0.1) is 0 Å². The van der Waals surface area contributed by atoms with Crippen LogP contribution in [0.2, 0.25) is 0 Å². The van der Waals surface area contributed by atoms with E-state index in [9.17, 15) is 9.18 Å². The molecule has 0 amide bonds. The topological polar surface area (TPSA) is 40.5 Å². The van der Waals surface area contributed by atoms with E-state index in [-0.39, 0.29) is 19.1 Å². The van der Waals surface area contributed by atoms with E-state index in [0.717, 1.165) is 25.8 Å². The molecule has 1 unspecified atom stereocenters. The van der Waals surface area contributed by atoms with E-state index in [4.69, 9.17) is 5.11 Å². The monoisotopic (exact) mass is 203 g/mol. The molecule has 1 heterocycles. The van der Waals surface area contributed by atoms with Gasteiger partial charge in [-0.2, -0.15) is 0 Å². The third-order valence-electron chi connectivity index (χ3n) is 2.81. The van der Waals surface area contributed by atoms with Crippen LogP contribution in [0.25, 0.3) is 0 Å². The molecule has 0 spiro atoms. The molecule has 1 aliphatic heterocycles. The highest BCUT2D eigenvalue weighted by Gasteiger charge is 2.22. The van der Waals surface area contributed by atoms with Gasteiger partial charge in [0.15, 0.2) is 0 Å². The molecule has 82 valence electrons. The van der Waals surface area contributed by atoms with Crippen molar-refractivity contribution in [3.63, 3.8) is 0 Å². The van der Waals surface area contributed by atoms with E-state index >= 15 is 0 Å². The van der Waals surface area contributed by atoms with Gasteiger partial charge in [0, 0.05) is 19.0 Å². The number of rotatable bonds is 5. The van der Waals surface area contributed by atoms with Crippen LogP contribution in [0.5, 0.6) is 0 Å². The largest absolute Gasteiger partial charge is 0.481 e. The van der Waals surface area contributed by atoms with Crippen LogP contribution in [0.3, 0.4) is 0 Å². The minimum absolute atomic E-state index is 0.202. The lowest BCUT2D eigenvalue weighted by molar-refractivity contribution is -0.137. The van der Waals surface area contributed by atoms with Crippen molar-refractivity contribution in [3.8, 4) is 0 Å². The first kappa shape index (κ1) is 11.4. The number of piperidine rings is 1. The Morgan fingerprint density at radius 3 is 2.93 bits per heavy atom. The summed E-state index contributed by atoms with van der Waals surface area (Å²) in [5.41, 5.74) is 0. The van der Waals surface area contributed by atoms with Crippen molar-refractivity contribution in [2.24, 2.45) is 0 Å². The van der Waals surface area contributed by atoms with Crippen molar-refractivity contribution in [2.75, 3.05) is 19.8 Å². The molecule has 1 N–H and O–H groups in total. The zero-order chi connectivity index (χ0) is 10.4. The summed E-state index contributed by atoms with van der Waals surface area (Å²) >= 11 is 0. The predicted octanol–water partition coefficient (Wildman–Crippen LogP) is 1.68. The molecule has 0 aliphatic carbocycles. The zero-order valence-electron chi connectivity index (χ0n) is 8.41. The average molecular weight is 203 g/mol. The van der Waals surface area contributed by atoms with Gasteiger partial charge in [0.25, 0.3) is 0 Å². The first-order valence-corrected chi connectivity index (χ1v) is 5.26. The number of hydrogen-bond donors (Lipinski definition) is 1. The van der Waals surface area contributed by atoms with Crippen LogP contribution in [-0.2, 0) is 4.79 Å². The summed E-state index contributed by atoms with van der Waals surface area (Å²) in [5.74, 6) is -0.754. The van der Waals surface area contributed by atoms with Gasteiger partial charge in [-0.05, 0) is 25.8 Å². The Hall–Kier alpha value is -0.640. The Labute approximate surface area is 83.9 Å². The van der Waals surface area contributed by atoms with Crippen LogP contribution >= 0.6 is 0 Å². The number of alkyl halides is 1. The second-order valence-corrected chi connectivity index (χ2v) is 3.81. The van der Waals surface area contributed by atoms with E-state index in [1.807, 2.05) is 0 Å². The average Bonchev–Trinajstić information content (AvgIpc) is 2.17. The summed E-state index contributed by atoms with van der Waals surface area (Å²) in [6.45, 7) is 1.06. The molecule has 1 aliphatic rings. The lowest BCUT2D eigenvalue weighted by Gasteiger charge is -2.34. The second kappa shape index (κ2) is 5.96. The second-order valence-electron chi connectivity index (χ2n) is 3.81. The zero-order valence-corrected chi connectivity index (χ0v) is 8.41. The smallest absolute Gasteiger partial charge is 0.303 e. The fourth-order valence-electron chi connectivity index (χ4n) is 2.08. The fourth-order valence-corrected chi connectivity index (χ4v) is 2.08. The number of likely N-dealkylation sites (tertiary alicyclic amines) is 1. The molecule has 0 saturated carbocycles. The molecular weight excluding hydrogens is 185 g/mol. The van der Waals surface area contributed by atoms with Crippen molar-refractivity contribution < 1.29 is 14.3 Å². The van der Waals surface area contributed by atoms with E-state index < -0.39 is 5.97 Å². The SMILES string of the molecule is O=C(O)CCC1CCCCN1CCF. The molecule has 1 saturated heterocycles. The van der Waals surface area contributed by atoms with Crippen molar-refractivity contribution in [3.05, 3.63) is 0 Å². The summed E-state index contributed by atoms with van der Waals surface area (Å²) in [6, 6.07) is 0.288. The first-order valence-electron chi connectivity index (χ1n) is 5.26. The molecule has 1 fully saturated rings. The third kappa shape index (κ3) is 3.62. The van der Waals surface area contributed by atoms with Crippen molar-refractivity contribution in [2.45, 2.75) is 38.1 Å². The maximum atomic E-state index is 12.2. The summed E-state index contributed by atoms with van der Waals surface area (Å²) in [5, 5.41) is 8.57. The number of carboxylic acid groups (broad SMARTS) is 1. The molecule has 0 aromatic heterocycles. The van der Waals surface area contributed by atoms with E-state index in [1.54, 1.807) is 0 Å². The van der Waals surface area contributed by atoms with Gasteiger partial charge in [-0.1, -0.05) is 6.42 Å². The predicted molar refractivity (Wildman–Crippen MR) is 52.1 cm³/mol. The van der Waals surface area contributed by atoms with Crippen LogP contribution in [0.4, 0.5) is 4.39 Å². The van der Waals surface area contributed by atoms with Crippen LogP contribution < -0.4 is 0 Å². The lowest BCUT2D eigenvalue weighted by atomic mass is 9.98. The Morgan fingerprint density at radius 1 is 1.50 bits per heavy atom. The minimum atomic E-state index is -0.754. The molecule has 0 aromatic carbocycles. The van der Waals surface area contributed by atoms with Crippen LogP contribution in [-0.4, -0.2) is 41.8 Å². The number of carboxylic acids is 1. The molecule has 1 rings (SSSR count). The van der Waals surface area contributed by atoms with Crippen LogP contribution in [0.1, 0.15) is 32.1 Å². The van der Waals surface area contributed by atoms with E-state index in [0.29, 0.717) is 13.0 Å². The van der Waals surface area contributed by atoms with E-state index in [2.05, 4.69) is 4.90 Å². The van der Waals surface area contributed by atoms with Crippen LogP contribution in [0.15, 0.2) is 0 Å². The van der Waals surface area contributed by atoms with Gasteiger partial charge in [0.2, 0.25) is 0 Å². The van der Waals surface area contributed by atoms with Crippen molar-refractivity contribution in [1.82, 2.24) is 4.90 Å². The highest BCUT2D eigenvalue weighted by Crippen LogP contribution is 2.20. The van der Waals surface area contributed by atoms with Gasteiger partial charge in [0.05, 0.1) is 0 Å². The molecule has 0 aromatic rings. The summed E-state index contributed by atoms with van der Waals surface area (Å²) in [7, 11) is 0. The quantitative estimate of drug-likeness (QED) is 0.739. The van der Waals surface area contributed by atoms with Gasteiger partial charge < -0.3 is 5.11 Å². The molecule has 14 heavy (non-hydrogen) atoms. The summed E-state index contributed by atoms with van der Waals surface area (Å²) < 4.78 is 12.2. The summed E-state index contributed by atoms with van der Waals surface area (Å²) in [6.07, 6.45) is 4.15. The molecule has 4 heteroatoms. The molecule has 1 atom stereocenters. The molecular formula is C10H18FNO2.